The molecule has 0 fully saturated rings. The monoisotopic (exact) mass is 337 g/mol. The standard InChI is InChI=1S/C20H23N3O2/c1-13-8-6-7-9-17(13)12-22(5)20(24)18-10-14(2)23(16(18)4)19-11-15(3)25-21-19/h6-11H,12H2,1-5H3. The van der Waals surface area contributed by atoms with Crippen molar-refractivity contribution in [2.75, 3.05) is 7.05 Å². The van der Waals surface area contributed by atoms with E-state index < -0.39 is 0 Å². The maximum absolute atomic E-state index is 13.0. The highest BCUT2D eigenvalue weighted by Gasteiger charge is 2.21. The average Bonchev–Trinajstić information content (AvgIpc) is 3.11. The van der Waals surface area contributed by atoms with Crippen LogP contribution in [0.2, 0.25) is 0 Å². The second kappa shape index (κ2) is 6.59. The molecule has 5 heteroatoms. The van der Waals surface area contributed by atoms with E-state index in [0.29, 0.717) is 17.9 Å². The third-order valence-corrected chi connectivity index (χ3v) is 4.52. The van der Waals surface area contributed by atoms with Gasteiger partial charge in [-0.3, -0.25) is 9.36 Å². The lowest BCUT2D eigenvalue weighted by Gasteiger charge is -2.18. The van der Waals surface area contributed by atoms with Gasteiger partial charge in [0.2, 0.25) is 0 Å². The summed E-state index contributed by atoms with van der Waals surface area (Å²) in [5.74, 6) is 1.45. The normalized spacial score (nSPS) is 10.9. The van der Waals surface area contributed by atoms with E-state index in [2.05, 4.69) is 24.2 Å². The molecule has 0 bridgehead atoms. The van der Waals surface area contributed by atoms with E-state index in [1.54, 1.807) is 4.90 Å². The Morgan fingerprint density at radius 2 is 1.88 bits per heavy atom. The number of aryl methyl sites for hydroxylation is 3. The largest absolute Gasteiger partial charge is 0.360 e. The van der Waals surface area contributed by atoms with Gasteiger partial charge in [-0.25, -0.2) is 0 Å². The molecule has 1 aromatic carbocycles. The van der Waals surface area contributed by atoms with Crippen LogP contribution in [0.5, 0.6) is 0 Å². The van der Waals surface area contributed by atoms with Crippen molar-refractivity contribution < 1.29 is 9.32 Å². The summed E-state index contributed by atoms with van der Waals surface area (Å²) in [6, 6.07) is 11.9. The van der Waals surface area contributed by atoms with Gasteiger partial charge in [0.05, 0.1) is 5.56 Å². The predicted octanol–water partition coefficient (Wildman–Crippen LogP) is 3.97. The van der Waals surface area contributed by atoms with Crippen molar-refractivity contribution in [2.45, 2.75) is 34.2 Å². The van der Waals surface area contributed by atoms with Gasteiger partial charge >= 0.3 is 0 Å². The molecule has 0 atom stereocenters. The summed E-state index contributed by atoms with van der Waals surface area (Å²) >= 11 is 0. The number of hydrogen-bond acceptors (Lipinski definition) is 3. The van der Waals surface area contributed by atoms with Gasteiger partial charge in [-0.1, -0.05) is 29.4 Å². The van der Waals surface area contributed by atoms with Crippen molar-refractivity contribution in [2.24, 2.45) is 0 Å². The first-order valence-electron chi connectivity index (χ1n) is 8.31. The van der Waals surface area contributed by atoms with Crippen molar-refractivity contribution in [1.29, 1.82) is 0 Å². The van der Waals surface area contributed by atoms with Gasteiger partial charge < -0.3 is 9.42 Å². The van der Waals surface area contributed by atoms with E-state index in [4.69, 9.17) is 4.52 Å². The zero-order valence-corrected chi connectivity index (χ0v) is 15.3. The SMILES string of the molecule is Cc1cc(-n2c(C)cc(C(=O)N(C)Cc3ccccc3C)c2C)no1. The Bertz CT molecular complexity index is 921. The van der Waals surface area contributed by atoms with Crippen molar-refractivity contribution in [3.63, 3.8) is 0 Å². The van der Waals surface area contributed by atoms with Crippen LogP contribution in [0.3, 0.4) is 0 Å². The summed E-state index contributed by atoms with van der Waals surface area (Å²) in [6.07, 6.45) is 0. The van der Waals surface area contributed by atoms with Crippen LogP contribution in [0.25, 0.3) is 5.82 Å². The van der Waals surface area contributed by atoms with E-state index in [-0.39, 0.29) is 5.91 Å². The van der Waals surface area contributed by atoms with Crippen molar-refractivity contribution in [3.8, 4) is 5.82 Å². The highest BCUT2D eigenvalue weighted by Crippen LogP contribution is 2.22. The molecule has 0 aliphatic rings. The molecule has 0 N–H and O–H groups in total. The molecule has 130 valence electrons. The quantitative estimate of drug-likeness (QED) is 0.724. The molecule has 5 nitrogen and oxygen atoms in total. The molecule has 2 heterocycles. The first-order chi connectivity index (χ1) is 11.9. The lowest BCUT2D eigenvalue weighted by atomic mass is 10.1. The molecule has 25 heavy (non-hydrogen) atoms. The Kier molecular flexibility index (Phi) is 4.49. The van der Waals surface area contributed by atoms with E-state index in [0.717, 1.165) is 22.7 Å². The third-order valence-electron chi connectivity index (χ3n) is 4.52. The van der Waals surface area contributed by atoms with Crippen LogP contribution in [0, 0.1) is 27.7 Å². The van der Waals surface area contributed by atoms with Crippen LogP contribution in [0.4, 0.5) is 0 Å². The van der Waals surface area contributed by atoms with Gasteiger partial charge in [0, 0.05) is 31.0 Å². The van der Waals surface area contributed by atoms with Crippen LogP contribution >= 0.6 is 0 Å². The topological polar surface area (TPSA) is 51.3 Å². The fourth-order valence-corrected chi connectivity index (χ4v) is 3.11. The summed E-state index contributed by atoms with van der Waals surface area (Å²) in [4.78, 5) is 14.7. The van der Waals surface area contributed by atoms with Gasteiger partial charge in [-0.15, -0.1) is 0 Å². The smallest absolute Gasteiger partial charge is 0.255 e. The van der Waals surface area contributed by atoms with E-state index in [1.807, 2.05) is 56.7 Å². The molecular weight excluding hydrogens is 314 g/mol. The molecule has 2 aromatic heterocycles. The fraction of sp³-hybridized carbons (Fsp3) is 0.300. The van der Waals surface area contributed by atoms with Crippen molar-refractivity contribution in [3.05, 3.63) is 70.2 Å². The highest BCUT2D eigenvalue weighted by molar-refractivity contribution is 5.95. The molecule has 0 aliphatic heterocycles. The van der Waals surface area contributed by atoms with Crippen LogP contribution < -0.4 is 0 Å². The van der Waals surface area contributed by atoms with Gasteiger partial charge in [0.25, 0.3) is 5.91 Å². The van der Waals surface area contributed by atoms with Gasteiger partial charge in [0.15, 0.2) is 5.82 Å². The number of rotatable bonds is 4. The minimum Gasteiger partial charge on any atom is -0.360 e. The maximum Gasteiger partial charge on any atom is 0.255 e. The molecule has 0 unspecified atom stereocenters. The van der Waals surface area contributed by atoms with Crippen LogP contribution in [-0.4, -0.2) is 27.6 Å². The summed E-state index contributed by atoms with van der Waals surface area (Å²) in [7, 11) is 1.83. The van der Waals surface area contributed by atoms with Crippen LogP contribution in [0.1, 0.15) is 38.6 Å². The summed E-state index contributed by atoms with van der Waals surface area (Å²) in [6.45, 7) is 8.40. The molecule has 0 saturated heterocycles. The molecule has 1 amide bonds. The second-order valence-electron chi connectivity index (χ2n) is 6.50. The van der Waals surface area contributed by atoms with Crippen LogP contribution in [0.15, 0.2) is 40.9 Å². The van der Waals surface area contributed by atoms with Gasteiger partial charge in [-0.05, 0) is 44.9 Å². The van der Waals surface area contributed by atoms with E-state index in [9.17, 15) is 4.79 Å². The zero-order valence-electron chi connectivity index (χ0n) is 15.3. The fourth-order valence-electron chi connectivity index (χ4n) is 3.11. The average molecular weight is 337 g/mol. The predicted molar refractivity (Wildman–Crippen MR) is 97.0 cm³/mol. The number of carbonyl (C=O) groups excluding carboxylic acids is 1. The number of aromatic nitrogens is 2. The van der Waals surface area contributed by atoms with Crippen molar-refractivity contribution >= 4 is 5.91 Å². The Morgan fingerprint density at radius 1 is 1.16 bits per heavy atom. The molecule has 0 radical (unpaired) electrons. The number of carbonyl (C=O) groups is 1. The lowest BCUT2D eigenvalue weighted by molar-refractivity contribution is 0.0784. The van der Waals surface area contributed by atoms with Gasteiger partial charge in [-0.2, -0.15) is 0 Å². The highest BCUT2D eigenvalue weighted by atomic mass is 16.5. The Labute approximate surface area is 147 Å². The summed E-state index contributed by atoms with van der Waals surface area (Å²) in [5, 5.41) is 4.07. The third kappa shape index (κ3) is 3.22. The first kappa shape index (κ1) is 17.0. The van der Waals surface area contributed by atoms with Crippen molar-refractivity contribution in [1.82, 2.24) is 14.6 Å². The van der Waals surface area contributed by atoms with Crippen LogP contribution in [-0.2, 0) is 6.54 Å². The number of benzene rings is 1. The minimum atomic E-state index is 0.00261. The van der Waals surface area contributed by atoms with E-state index >= 15 is 0 Å². The Balaban J connectivity index is 1.89. The molecule has 0 spiro atoms. The minimum absolute atomic E-state index is 0.00261. The van der Waals surface area contributed by atoms with Gasteiger partial charge in [0.1, 0.15) is 5.76 Å². The molecule has 3 rings (SSSR count). The van der Waals surface area contributed by atoms with E-state index in [1.165, 1.54) is 5.56 Å². The zero-order chi connectivity index (χ0) is 18.1. The number of hydrogen-bond donors (Lipinski definition) is 0. The molecule has 0 saturated carbocycles. The lowest BCUT2D eigenvalue weighted by Crippen LogP contribution is -2.27. The Morgan fingerprint density at radius 3 is 2.52 bits per heavy atom. The number of amides is 1. The second-order valence-corrected chi connectivity index (χ2v) is 6.50. The number of nitrogens with zero attached hydrogens (tertiary/aromatic N) is 3. The first-order valence-corrected chi connectivity index (χ1v) is 8.31. The summed E-state index contributed by atoms with van der Waals surface area (Å²) < 4.78 is 7.12. The molecule has 0 aliphatic carbocycles. The Hall–Kier alpha value is -2.82. The molecular formula is C20H23N3O2. The summed E-state index contributed by atoms with van der Waals surface area (Å²) in [5.41, 5.74) is 4.85. The molecule has 3 aromatic rings. The maximum atomic E-state index is 13.0.